The number of alkyl halides is 3. The Kier molecular flexibility index (Phi) is 8.25. The van der Waals surface area contributed by atoms with Crippen LogP contribution in [0.4, 0.5) is 28.0 Å². The zero-order valence-corrected chi connectivity index (χ0v) is 23.0. The van der Waals surface area contributed by atoms with Gasteiger partial charge in [0.1, 0.15) is 17.5 Å². The zero-order valence-electron chi connectivity index (χ0n) is 23.0. The average Bonchev–Trinajstić information content (AvgIpc) is 3.59. The summed E-state index contributed by atoms with van der Waals surface area (Å²) in [6.07, 6.45) is -5.02. The van der Waals surface area contributed by atoms with Crippen molar-refractivity contribution in [3.05, 3.63) is 65.0 Å². The number of nitrogens with zero attached hydrogens (tertiary/aromatic N) is 2. The van der Waals surface area contributed by atoms with Crippen LogP contribution in [0.15, 0.2) is 42.5 Å². The van der Waals surface area contributed by atoms with Crippen molar-refractivity contribution in [3.8, 4) is 0 Å². The maximum Gasteiger partial charge on any atom is 0.408 e. The van der Waals surface area contributed by atoms with Gasteiger partial charge in [0.05, 0.1) is 6.54 Å². The molecule has 2 aromatic rings. The zero-order chi connectivity index (χ0) is 30.2. The summed E-state index contributed by atoms with van der Waals surface area (Å²) in [7, 11) is 1.70. The Balaban J connectivity index is 1.26. The molecule has 3 fully saturated rings. The van der Waals surface area contributed by atoms with Crippen LogP contribution in [0.1, 0.15) is 36.5 Å². The van der Waals surface area contributed by atoms with Gasteiger partial charge >= 0.3 is 12.2 Å². The van der Waals surface area contributed by atoms with Crippen LogP contribution in [0.5, 0.6) is 0 Å². The highest BCUT2D eigenvalue weighted by Crippen LogP contribution is 2.56. The summed E-state index contributed by atoms with van der Waals surface area (Å²) in [5.74, 6) is -1.72. The number of urea groups is 1. The van der Waals surface area contributed by atoms with Gasteiger partial charge in [0.25, 0.3) is 0 Å². The molecule has 42 heavy (non-hydrogen) atoms. The van der Waals surface area contributed by atoms with E-state index in [0.717, 1.165) is 35.1 Å². The average molecular weight is 594 g/mol. The standard InChI is InChI=1S/C28H31F4N5O5/c1-16(28(30,31)32)36(14-17-3-5-19(29)6-4-17)23(39)15-37-24-27(42-26(37)41-24)11-9-18-13-20(7-8-21(18)27)34-25(40)35-22(38)10-12-33-2/h3-8,13,16,24,26,33H,9-12,14-15H2,1-2H3,(H2,34,35,38,40)/t16-,24?,26?,27+/m0/s1. The smallest absolute Gasteiger partial charge is 0.325 e. The third kappa shape index (κ3) is 5.84. The third-order valence-electron chi connectivity index (χ3n) is 7.81. The van der Waals surface area contributed by atoms with Gasteiger partial charge in [0, 0.05) is 25.2 Å². The van der Waals surface area contributed by atoms with Gasteiger partial charge in [-0.05, 0) is 67.8 Å². The molecule has 0 aromatic heterocycles. The summed E-state index contributed by atoms with van der Waals surface area (Å²) in [5.41, 5.74) is 1.59. The second-order valence-corrected chi connectivity index (χ2v) is 10.6. The van der Waals surface area contributed by atoms with Gasteiger partial charge in [-0.25, -0.2) is 14.1 Å². The fraction of sp³-hybridized carbons (Fsp3) is 0.464. The van der Waals surface area contributed by atoms with E-state index in [2.05, 4.69) is 16.0 Å². The molecule has 0 saturated carbocycles. The largest absolute Gasteiger partial charge is 0.408 e. The van der Waals surface area contributed by atoms with E-state index >= 15 is 0 Å². The molecule has 3 N–H and O–H groups in total. The second-order valence-electron chi connectivity index (χ2n) is 10.6. The lowest BCUT2D eigenvalue weighted by Crippen LogP contribution is -2.59. The first-order chi connectivity index (χ1) is 19.9. The highest BCUT2D eigenvalue weighted by atomic mass is 19.4. The van der Waals surface area contributed by atoms with Crippen molar-refractivity contribution in [2.75, 3.05) is 25.5 Å². The molecular weight excluding hydrogens is 562 g/mol. The number of aryl methyl sites for hydroxylation is 1. The lowest BCUT2D eigenvalue weighted by Gasteiger charge is -2.41. The highest BCUT2D eigenvalue weighted by Gasteiger charge is 2.66. The number of nitrogens with one attached hydrogen (secondary N) is 3. The Morgan fingerprint density at radius 1 is 1.17 bits per heavy atom. The summed E-state index contributed by atoms with van der Waals surface area (Å²) in [6.45, 7) is 0.636. The van der Waals surface area contributed by atoms with E-state index in [4.69, 9.17) is 9.47 Å². The van der Waals surface area contributed by atoms with E-state index in [1.54, 1.807) is 30.1 Å². The Bertz CT molecular complexity index is 1360. The van der Waals surface area contributed by atoms with Gasteiger partial charge in [-0.1, -0.05) is 18.2 Å². The number of imide groups is 1. The third-order valence-corrected chi connectivity index (χ3v) is 7.81. The van der Waals surface area contributed by atoms with Crippen LogP contribution < -0.4 is 16.0 Å². The maximum absolute atomic E-state index is 13.7. The number of rotatable bonds is 9. The molecule has 6 rings (SSSR count). The molecule has 3 heterocycles. The van der Waals surface area contributed by atoms with Gasteiger partial charge in [-0.3, -0.25) is 14.9 Å². The Labute approximate surface area is 239 Å². The molecular formula is C28H31F4N5O5. The number of amides is 4. The topological polar surface area (TPSA) is 112 Å². The van der Waals surface area contributed by atoms with Gasteiger partial charge in [-0.2, -0.15) is 13.2 Å². The number of benzene rings is 2. The number of hydrogen-bond acceptors (Lipinski definition) is 7. The predicted octanol–water partition coefficient (Wildman–Crippen LogP) is 3.18. The van der Waals surface area contributed by atoms with Crippen molar-refractivity contribution in [3.63, 3.8) is 0 Å². The minimum absolute atomic E-state index is 0.147. The molecule has 0 radical (unpaired) electrons. The summed E-state index contributed by atoms with van der Waals surface area (Å²) >= 11 is 0. The van der Waals surface area contributed by atoms with Crippen LogP contribution in [0.3, 0.4) is 0 Å². The lowest BCUT2D eigenvalue weighted by atomic mass is 9.93. The van der Waals surface area contributed by atoms with Crippen molar-refractivity contribution >= 4 is 23.5 Å². The number of carbonyl (C=O) groups is 3. The molecule has 2 unspecified atom stereocenters. The van der Waals surface area contributed by atoms with E-state index in [9.17, 15) is 31.9 Å². The predicted molar refractivity (Wildman–Crippen MR) is 141 cm³/mol. The molecule has 4 atom stereocenters. The van der Waals surface area contributed by atoms with Crippen LogP contribution >= 0.6 is 0 Å². The first-order valence-corrected chi connectivity index (χ1v) is 13.5. The Hall–Kier alpha value is -3.59. The first-order valence-electron chi connectivity index (χ1n) is 13.5. The molecule has 14 heteroatoms. The van der Waals surface area contributed by atoms with Crippen molar-refractivity contribution in [2.45, 2.75) is 63.2 Å². The fourth-order valence-electron chi connectivity index (χ4n) is 5.55. The van der Waals surface area contributed by atoms with Gasteiger partial charge in [-0.15, -0.1) is 0 Å². The highest BCUT2D eigenvalue weighted by molar-refractivity contribution is 6.01. The minimum atomic E-state index is -4.66. The monoisotopic (exact) mass is 593 g/mol. The van der Waals surface area contributed by atoms with E-state index in [1.165, 1.54) is 12.1 Å². The Morgan fingerprint density at radius 3 is 2.60 bits per heavy atom. The van der Waals surface area contributed by atoms with Crippen molar-refractivity contribution in [1.82, 2.24) is 20.4 Å². The molecule has 4 amide bonds. The van der Waals surface area contributed by atoms with Gasteiger partial charge in [0.15, 0.2) is 6.23 Å². The second kappa shape index (κ2) is 11.6. The van der Waals surface area contributed by atoms with E-state index < -0.39 is 54.1 Å². The summed E-state index contributed by atoms with van der Waals surface area (Å²) in [5, 5.41) is 7.72. The molecule has 226 valence electrons. The van der Waals surface area contributed by atoms with E-state index in [1.807, 2.05) is 0 Å². The number of ether oxygens (including phenoxy) is 2. The maximum atomic E-state index is 13.7. The molecule has 2 bridgehead atoms. The number of hydrogen-bond donors (Lipinski definition) is 3. The van der Waals surface area contributed by atoms with Crippen LogP contribution in [0.25, 0.3) is 0 Å². The van der Waals surface area contributed by atoms with E-state index in [0.29, 0.717) is 30.6 Å². The summed E-state index contributed by atoms with van der Waals surface area (Å²) in [6, 6.07) is 7.43. The van der Waals surface area contributed by atoms with Crippen molar-refractivity contribution in [2.24, 2.45) is 0 Å². The first kappa shape index (κ1) is 29.9. The number of fused-ring (bicyclic) bond motifs is 1. The lowest BCUT2D eigenvalue weighted by molar-refractivity contribution is -0.285. The minimum Gasteiger partial charge on any atom is -0.325 e. The fourth-order valence-corrected chi connectivity index (χ4v) is 5.55. The number of anilines is 1. The van der Waals surface area contributed by atoms with Gasteiger partial charge < -0.3 is 25.0 Å². The summed E-state index contributed by atoms with van der Waals surface area (Å²) < 4.78 is 66.4. The quantitative estimate of drug-likeness (QED) is 0.383. The molecule has 3 aliphatic heterocycles. The normalized spacial score (nSPS) is 23.3. The van der Waals surface area contributed by atoms with E-state index in [-0.39, 0.29) is 19.5 Å². The van der Waals surface area contributed by atoms with Crippen molar-refractivity contribution in [1.29, 1.82) is 0 Å². The van der Waals surface area contributed by atoms with Crippen LogP contribution in [-0.2, 0) is 37.6 Å². The number of carbonyl (C=O) groups excluding carboxylic acids is 3. The molecule has 10 nitrogen and oxygen atoms in total. The Morgan fingerprint density at radius 2 is 1.90 bits per heavy atom. The SMILES string of the molecule is CNCCC(=O)NC(=O)Nc1ccc2c(c1)CC[C@@]21OC2OC1N2CC(=O)N(Cc1ccc(F)cc1)[C@@H](C)C(F)(F)F. The van der Waals surface area contributed by atoms with Crippen LogP contribution in [-0.4, -0.2) is 72.6 Å². The molecule has 1 aliphatic carbocycles. The summed E-state index contributed by atoms with van der Waals surface area (Å²) in [4.78, 5) is 39.6. The molecule has 3 saturated heterocycles. The number of halogens is 4. The van der Waals surface area contributed by atoms with Crippen molar-refractivity contribution < 1.29 is 41.4 Å². The molecule has 2 aromatic carbocycles. The van der Waals surface area contributed by atoms with Gasteiger partial charge in [0.2, 0.25) is 18.2 Å². The van der Waals surface area contributed by atoms with Crippen LogP contribution in [0.2, 0.25) is 0 Å². The molecule has 1 spiro atoms. The molecule has 4 aliphatic rings. The van der Waals surface area contributed by atoms with Crippen LogP contribution in [0, 0.1) is 5.82 Å².